The van der Waals surface area contributed by atoms with Crippen molar-refractivity contribution in [1.82, 2.24) is 0 Å². The van der Waals surface area contributed by atoms with Gasteiger partial charge in [-0.1, -0.05) is 24.8 Å². The third kappa shape index (κ3) is 4.67. The van der Waals surface area contributed by atoms with E-state index in [2.05, 4.69) is 6.58 Å². The molecule has 1 aliphatic carbocycles. The Hall–Kier alpha value is -0.340. The predicted molar refractivity (Wildman–Crippen MR) is 67.3 cm³/mol. The molecular weight excluding hydrogens is 200 g/mol. The van der Waals surface area contributed by atoms with E-state index in [9.17, 15) is 10.2 Å². The molecule has 0 aliphatic heterocycles. The van der Waals surface area contributed by atoms with Crippen molar-refractivity contribution in [3.8, 4) is 0 Å². The quantitative estimate of drug-likeness (QED) is 0.707. The first-order valence-corrected chi connectivity index (χ1v) is 6.45. The molecule has 94 valence electrons. The van der Waals surface area contributed by atoms with E-state index in [-0.39, 0.29) is 6.10 Å². The van der Waals surface area contributed by atoms with Crippen LogP contribution in [0.2, 0.25) is 0 Å². The minimum Gasteiger partial charge on any atom is -0.393 e. The van der Waals surface area contributed by atoms with Gasteiger partial charge in [0.15, 0.2) is 0 Å². The second-order valence-corrected chi connectivity index (χ2v) is 5.80. The van der Waals surface area contributed by atoms with Gasteiger partial charge in [0.2, 0.25) is 0 Å². The van der Waals surface area contributed by atoms with Crippen LogP contribution in [-0.4, -0.2) is 21.9 Å². The maximum absolute atomic E-state index is 10.2. The summed E-state index contributed by atoms with van der Waals surface area (Å²) in [5, 5.41) is 20.3. The first-order chi connectivity index (χ1) is 7.41. The van der Waals surface area contributed by atoms with Gasteiger partial charge in [0.25, 0.3) is 0 Å². The van der Waals surface area contributed by atoms with Crippen LogP contribution in [0.5, 0.6) is 0 Å². The molecule has 1 saturated carbocycles. The highest BCUT2D eigenvalue weighted by molar-refractivity contribution is 4.97. The molecule has 0 saturated heterocycles. The van der Waals surface area contributed by atoms with E-state index in [1.165, 1.54) is 19.3 Å². The van der Waals surface area contributed by atoms with Gasteiger partial charge in [-0.25, -0.2) is 0 Å². The molecular formula is C14H26O2. The van der Waals surface area contributed by atoms with Crippen LogP contribution >= 0.6 is 0 Å². The van der Waals surface area contributed by atoms with E-state index in [0.717, 1.165) is 18.4 Å². The Labute approximate surface area is 99.4 Å². The first kappa shape index (κ1) is 13.7. The average molecular weight is 226 g/mol. The van der Waals surface area contributed by atoms with Crippen LogP contribution in [0, 0.1) is 5.92 Å². The molecule has 0 aromatic rings. The van der Waals surface area contributed by atoms with Crippen molar-refractivity contribution in [2.24, 2.45) is 5.92 Å². The van der Waals surface area contributed by atoms with Gasteiger partial charge in [0.1, 0.15) is 0 Å². The summed E-state index contributed by atoms with van der Waals surface area (Å²) >= 11 is 0. The van der Waals surface area contributed by atoms with E-state index < -0.39 is 5.60 Å². The van der Waals surface area contributed by atoms with Crippen LogP contribution in [-0.2, 0) is 0 Å². The minimum atomic E-state index is -0.803. The molecule has 0 amide bonds. The summed E-state index contributed by atoms with van der Waals surface area (Å²) in [5.74, 6) is 0.394. The van der Waals surface area contributed by atoms with Crippen LogP contribution < -0.4 is 0 Å². The first-order valence-electron chi connectivity index (χ1n) is 6.45. The van der Waals surface area contributed by atoms with Gasteiger partial charge in [0.05, 0.1) is 11.7 Å². The average Bonchev–Trinajstić information content (AvgIpc) is 2.16. The largest absolute Gasteiger partial charge is 0.393 e. The van der Waals surface area contributed by atoms with Crippen molar-refractivity contribution in [2.75, 3.05) is 0 Å². The number of hydrogen-bond donors (Lipinski definition) is 2. The fourth-order valence-corrected chi connectivity index (χ4v) is 2.86. The fourth-order valence-electron chi connectivity index (χ4n) is 2.86. The number of aliphatic hydroxyl groups is 2. The normalized spacial score (nSPS) is 23.8. The van der Waals surface area contributed by atoms with Gasteiger partial charge in [-0.05, 0) is 39.0 Å². The molecule has 1 fully saturated rings. The van der Waals surface area contributed by atoms with Crippen molar-refractivity contribution in [2.45, 2.75) is 70.5 Å². The van der Waals surface area contributed by atoms with Crippen molar-refractivity contribution >= 4 is 0 Å². The Bertz CT molecular complexity index is 227. The van der Waals surface area contributed by atoms with Crippen LogP contribution in [0.3, 0.4) is 0 Å². The van der Waals surface area contributed by atoms with Crippen LogP contribution in [0.25, 0.3) is 0 Å². The summed E-state index contributed by atoms with van der Waals surface area (Å²) in [6.07, 6.45) is 6.69. The molecule has 0 bridgehead atoms. The third-order valence-electron chi connectivity index (χ3n) is 3.53. The second kappa shape index (κ2) is 5.83. The molecule has 2 N–H and O–H groups in total. The lowest BCUT2D eigenvalue weighted by Crippen LogP contribution is -2.34. The smallest absolute Gasteiger partial charge is 0.0681 e. The zero-order valence-electron chi connectivity index (χ0n) is 10.7. The molecule has 2 atom stereocenters. The monoisotopic (exact) mass is 226 g/mol. The molecule has 0 radical (unpaired) electrons. The molecule has 0 aromatic heterocycles. The molecule has 1 aliphatic rings. The van der Waals surface area contributed by atoms with Crippen molar-refractivity contribution in [3.05, 3.63) is 12.2 Å². The van der Waals surface area contributed by atoms with Crippen LogP contribution in [0.4, 0.5) is 0 Å². The maximum Gasteiger partial charge on any atom is 0.0681 e. The van der Waals surface area contributed by atoms with Gasteiger partial charge in [-0.3, -0.25) is 0 Å². The summed E-state index contributed by atoms with van der Waals surface area (Å²) < 4.78 is 0. The minimum absolute atomic E-state index is 0.352. The molecule has 0 unspecified atom stereocenters. The fraction of sp³-hybridized carbons (Fsp3) is 0.857. The lowest BCUT2D eigenvalue weighted by atomic mass is 9.80. The van der Waals surface area contributed by atoms with Crippen molar-refractivity contribution in [1.29, 1.82) is 0 Å². The van der Waals surface area contributed by atoms with E-state index >= 15 is 0 Å². The molecule has 0 spiro atoms. The number of rotatable bonds is 5. The predicted octanol–water partition coefficient (Wildman–Crippen LogP) is 3.03. The van der Waals surface area contributed by atoms with Crippen LogP contribution in [0.15, 0.2) is 12.2 Å². The number of aliphatic hydroxyl groups excluding tert-OH is 1. The Balaban J connectivity index is 2.41. The van der Waals surface area contributed by atoms with Crippen LogP contribution in [0.1, 0.15) is 58.8 Å². The van der Waals surface area contributed by atoms with Gasteiger partial charge in [-0.15, -0.1) is 6.58 Å². The SMILES string of the molecule is C=C(C)C[C@](C)(O)C[C@H](O)C1CCCCC1. The summed E-state index contributed by atoms with van der Waals surface area (Å²) in [7, 11) is 0. The van der Waals surface area contributed by atoms with E-state index in [1.807, 2.05) is 6.92 Å². The summed E-state index contributed by atoms with van der Waals surface area (Å²) in [5.41, 5.74) is 0.170. The molecule has 1 rings (SSSR count). The van der Waals surface area contributed by atoms with Gasteiger partial charge < -0.3 is 10.2 Å². The van der Waals surface area contributed by atoms with Crippen molar-refractivity contribution < 1.29 is 10.2 Å². The highest BCUT2D eigenvalue weighted by Gasteiger charge is 2.29. The highest BCUT2D eigenvalue weighted by atomic mass is 16.3. The topological polar surface area (TPSA) is 40.5 Å². The molecule has 2 nitrogen and oxygen atoms in total. The van der Waals surface area contributed by atoms with E-state index in [4.69, 9.17) is 0 Å². The number of hydrogen-bond acceptors (Lipinski definition) is 2. The molecule has 0 aromatic carbocycles. The van der Waals surface area contributed by atoms with E-state index in [0.29, 0.717) is 18.8 Å². The van der Waals surface area contributed by atoms with Gasteiger partial charge >= 0.3 is 0 Å². The molecule has 2 heteroatoms. The lowest BCUT2D eigenvalue weighted by Gasteiger charge is -2.32. The summed E-state index contributed by atoms with van der Waals surface area (Å²) in [6, 6.07) is 0. The Morgan fingerprint density at radius 2 is 1.94 bits per heavy atom. The van der Waals surface area contributed by atoms with E-state index in [1.54, 1.807) is 6.92 Å². The Morgan fingerprint density at radius 1 is 1.38 bits per heavy atom. The zero-order chi connectivity index (χ0) is 12.2. The Kier molecular flexibility index (Phi) is 5.00. The third-order valence-corrected chi connectivity index (χ3v) is 3.53. The maximum atomic E-state index is 10.2. The Morgan fingerprint density at radius 3 is 2.44 bits per heavy atom. The summed E-state index contributed by atoms with van der Waals surface area (Å²) in [6.45, 7) is 7.54. The highest BCUT2D eigenvalue weighted by Crippen LogP contribution is 2.31. The van der Waals surface area contributed by atoms with Gasteiger partial charge in [0, 0.05) is 6.42 Å². The lowest BCUT2D eigenvalue weighted by molar-refractivity contribution is -0.0219. The summed E-state index contributed by atoms with van der Waals surface area (Å²) in [4.78, 5) is 0. The molecule has 0 heterocycles. The zero-order valence-corrected chi connectivity index (χ0v) is 10.7. The molecule has 16 heavy (non-hydrogen) atoms. The van der Waals surface area contributed by atoms with Crippen molar-refractivity contribution in [3.63, 3.8) is 0 Å². The standard InChI is InChI=1S/C14H26O2/c1-11(2)9-14(3,16)10-13(15)12-7-5-4-6-8-12/h12-13,15-16H,1,4-10H2,2-3H3/t13-,14-/m0/s1. The second-order valence-electron chi connectivity index (χ2n) is 5.80. The van der Waals surface area contributed by atoms with Gasteiger partial charge in [-0.2, -0.15) is 0 Å².